The van der Waals surface area contributed by atoms with Gasteiger partial charge in [-0.05, 0) is 55.4 Å². The largest absolute Gasteiger partial charge is 0.444 e. The van der Waals surface area contributed by atoms with Gasteiger partial charge in [0, 0.05) is 20.6 Å². The number of benzene rings is 1. The molecule has 14 heteroatoms. The number of piperidine rings is 1. The molecule has 1 saturated heterocycles. The predicted octanol–water partition coefficient (Wildman–Crippen LogP) is 2.71. The maximum atomic E-state index is 14.2. The molecule has 14 nitrogen and oxygen atoms in total. The van der Waals surface area contributed by atoms with Gasteiger partial charge < -0.3 is 35.8 Å². The van der Waals surface area contributed by atoms with Crippen molar-refractivity contribution in [3.63, 3.8) is 0 Å². The SMILES string of the molecule is CCCCC(NC(=O)[C@@H]1[C@@H]2[C@H](CN1C(=O)[C@@H](NC(=O)OC(C)(C)C)C(C)(C)C)C2(C)C)C(=O)C(=O)NCC(=O)N[C@H](C(=O)N(C)C)c1ccccc1. The number of fused-ring (bicyclic) bond motifs is 1. The number of hydrogen-bond donors (Lipinski definition) is 4. The number of hydrogen-bond acceptors (Lipinski definition) is 8. The molecular formula is C38H58N6O8. The highest BCUT2D eigenvalue weighted by molar-refractivity contribution is 6.38. The van der Waals surface area contributed by atoms with E-state index in [1.807, 2.05) is 41.5 Å². The summed E-state index contributed by atoms with van der Waals surface area (Å²) in [5, 5.41) is 10.4. The van der Waals surface area contributed by atoms with Gasteiger partial charge in [0.25, 0.3) is 5.91 Å². The second-order valence-corrected chi connectivity index (χ2v) is 16.7. The summed E-state index contributed by atoms with van der Waals surface area (Å²) in [4.78, 5) is 96.2. The Bertz CT molecular complexity index is 1510. The van der Waals surface area contributed by atoms with E-state index >= 15 is 0 Å². The molecule has 6 atom stereocenters. The van der Waals surface area contributed by atoms with Gasteiger partial charge in [0.05, 0.1) is 12.6 Å². The Morgan fingerprint density at radius 2 is 1.56 bits per heavy atom. The van der Waals surface area contributed by atoms with Gasteiger partial charge in [-0.25, -0.2) is 4.79 Å². The standard InChI is InChI=1S/C38H58N6O8/c1-12-13-19-24(29(46)32(48)39-20-25(45)41-27(33(49)43(10)11)22-17-15-14-16-18-22)40-31(47)28-26-23(38(26,8)9)21-44(28)34(50)30(36(2,3)4)42-35(51)52-37(5,6)7/h14-18,23-24,26-28,30H,12-13,19-21H2,1-11H3,(H,39,48)(H,40,47)(H,41,45)(H,42,51)/t23-,24?,26-,27-,28-,30+/m0/s1. The zero-order valence-corrected chi connectivity index (χ0v) is 32.5. The summed E-state index contributed by atoms with van der Waals surface area (Å²) in [6.07, 6.45) is 0.611. The quantitative estimate of drug-likeness (QED) is 0.211. The van der Waals surface area contributed by atoms with Crippen molar-refractivity contribution in [2.24, 2.45) is 22.7 Å². The second-order valence-electron chi connectivity index (χ2n) is 16.7. The second kappa shape index (κ2) is 16.5. The van der Waals surface area contributed by atoms with Gasteiger partial charge in [-0.15, -0.1) is 0 Å². The molecule has 1 heterocycles. The molecule has 1 aliphatic heterocycles. The lowest BCUT2D eigenvalue weighted by molar-refractivity contribution is -0.145. The number of nitrogens with one attached hydrogen (secondary N) is 4. The summed E-state index contributed by atoms with van der Waals surface area (Å²) in [6, 6.07) is 4.47. The number of likely N-dealkylation sites (N-methyl/N-ethyl adjacent to an activating group) is 1. The van der Waals surface area contributed by atoms with Crippen molar-refractivity contribution in [1.29, 1.82) is 0 Å². The van der Waals surface area contributed by atoms with Gasteiger partial charge >= 0.3 is 6.09 Å². The first-order chi connectivity index (χ1) is 24.0. The van der Waals surface area contributed by atoms with Crippen molar-refractivity contribution in [2.45, 2.75) is 111 Å². The van der Waals surface area contributed by atoms with E-state index in [4.69, 9.17) is 4.74 Å². The van der Waals surface area contributed by atoms with Crippen LogP contribution in [0.15, 0.2) is 30.3 Å². The number of amides is 6. The van der Waals surface area contributed by atoms with Crippen LogP contribution in [0.2, 0.25) is 0 Å². The Morgan fingerprint density at radius 3 is 2.10 bits per heavy atom. The van der Waals surface area contributed by atoms with E-state index in [9.17, 15) is 33.6 Å². The lowest BCUT2D eigenvalue weighted by Gasteiger charge is -2.38. The summed E-state index contributed by atoms with van der Waals surface area (Å²) in [6.45, 7) is 16.3. The van der Waals surface area contributed by atoms with E-state index in [1.54, 1.807) is 65.2 Å². The topological polar surface area (TPSA) is 183 Å². The van der Waals surface area contributed by atoms with Crippen LogP contribution in [0, 0.1) is 22.7 Å². The monoisotopic (exact) mass is 726 g/mol. The minimum atomic E-state index is -1.21. The number of alkyl carbamates (subject to hydrolysis) is 1. The van der Waals surface area contributed by atoms with E-state index in [1.165, 1.54) is 9.80 Å². The molecule has 1 aromatic rings. The molecule has 1 aromatic carbocycles. The van der Waals surface area contributed by atoms with Gasteiger partial charge in [0.2, 0.25) is 29.4 Å². The van der Waals surface area contributed by atoms with Crippen LogP contribution < -0.4 is 21.3 Å². The van der Waals surface area contributed by atoms with Crippen LogP contribution in [0.1, 0.15) is 93.2 Å². The van der Waals surface area contributed by atoms with Crippen molar-refractivity contribution < 1.29 is 38.3 Å². The zero-order chi connectivity index (χ0) is 39.3. The summed E-state index contributed by atoms with van der Waals surface area (Å²) in [7, 11) is 3.12. The highest BCUT2D eigenvalue weighted by Gasteiger charge is 2.70. The zero-order valence-electron chi connectivity index (χ0n) is 32.5. The molecule has 2 aliphatic rings. The Kier molecular flexibility index (Phi) is 13.3. The minimum absolute atomic E-state index is 0.0278. The van der Waals surface area contributed by atoms with Crippen LogP contribution in [0.3, 0.4) is 0 Å². The Morgan fingerprint density at radius 1 is 0.942 bits per heavy atom. The fourth-order valence-corrected chi connectivity index (χ4v) is 6.80. The first-order valence-electron chi connectivity index (χ1n) is 18.0. The average molecular weight is 727 g/mol. The smallest absolute Gasteiger partial charge is 0.408 e. The molecule has 1 unspecified atom stereocenters. The van der Waals surface area contributed by atoms with Crippen molar-refractivity contribution >= 4 is 41.4 Å². The van der Waals surface area contributed by atoms with Crippen LogP contribution in [0.5, 0.6) is 0 Å². The normalized spacial score (nSPS) is 20.7. The van der Waals surface area contributed by atoms with Crippen LogP contribution in [0.25, 0.3) is 0 Å². The summed E-state index contributed by atoms with van der Waals surface area (Å²) in [5.74, 6) is -4.23. The minimum Gasteiger partial charge on any atom is -0.444 e. The Balaban J connectivity index is 1.76. The number of rotatable bonds is 14. The molecule has 4 N–H and O–H groups in total. The van der Waals surface area contributed by atoms with E-state index in [0.29, 0.717) is 24.9 Å². The van der Waals surface area contributed by atoms with Crippen LogP contribution in [-0.4, -0.2) is 102 Å². The van der Waals surface area contributed by atoms with Crippen LogP contribution in [-0.2, 0) is 33.5 Å². The third kappa shape index (κ3) is 10.3. The number of carbonyl (C=O) groups is 7. The average Bonchev–Trinajstić information content (AvgIpc) is 3.35. The van der Waals surface area contributed by atoms with Gasteiger partial charge in [-0.3, -0.25) is 28.8 Å². The molecular weight excluding hydrogens is 668 g/mol. The predicted molar refractivity (Wildman–Crippen MR) is 194 cm³/mol. The number of carbonyl (C=O) groups excluding carboxylic acids is 7. The number of unbranched alkanes of at least 4 members (excludes halogenated alkanes) is 1. The fourth-order valence-electron chi connectivity index (χ4n) is 6.80. The van der Waals surface area contributed by atoms with Crippen molar-refractivity contribution in [3.8, 4) is 0 Å². The van der Waals surface area contributed by atoms with Gasteiger partial charge in [0.1, 0.15) is 23.7 Å². The van der Waals surface area contributed by atoms with E-state index in [2.05, 4.69) is 21.3 Å². The first-order valence-corrected chi connectivity index (χ1v) is 18.0. The molecule has 0 spiro atoms. The van der Waals surface area contributed by atoms with Crippen LogP contribution >= 0.6 is 0 Å². The maximum absolute atomic E-state index is 14.2. The van der Waals surface area contributed by atoms with Gasteiger partial charge in [0.15, 0.2) is 0 Å². The number of Topliss-reactive ketones (excluding diaryl/α,β-unsaturated/α-hetero) is 1. The van der Waals surface area contributed by atoms with Crippen molar-refractivity contribution in [3.05, 3.63) is 35.9 Å². The van der Waals surface area contributed by atoms with Crippen molar-refractivity contribution in [2.75, 3.05) is 27.2 Å². The van der Waals surface area contributed by atoms with Crippen LogP contribution in [0.4, 0.5) is 4.79 Å². The molecule has 288 valence electrons. The summed E-state index contributed by atoms with van der Waals surface area (Å²) < 4.78 is 5.43. The van der Waals surface area contributed by atoms with Crippen molar-refractivity contribution in [1.82, 2.24) is 31.1 Å². The molecule has 2 fully saturated rings. The summed E-state index contributed by atoms with van der Waals surface area (Å²) >= 11 is 0. The Labute approximate surface area is 307 Å². The van der Waals surface area contributed by atoms with E-state index < -0.39 is 77.2 Å². The molecule has 0 aromatic heterocycles. The summed E-state index contributed by atoms with van der Waals surface area (Å²) in [5.41, 5.74) is -1.21. The van der Waals surface area contributed by atoms with Gasteiger partial charge in [-0.2, -0.15) is 0 Å². The number of likely N-dealkylation sites (tertiary alicyclic amines) is 1. The molecule has 1 saturated carbocycles. The highest BCUT2D eigenvalue weighted by atomic mass is 16.6. The van der Waals surface area contributed by atoms with Gasteiger partial charge in [-0.1, -0.05) is 84.7 Å². The lowest BCUT2D eigenvalue weighted by atomic mass is 9.85. The molecule has 0 radical (unpaired) electrons. The number of nitrogens with zero attached hydrogens (tertiary/aromatic N) is 2. The third-order valence-electron chi connectivity index (χ3n) is 9.77. The third-order valence-corrected chi connectivity index (χ3v) is 9.77. The molecule has 0 bridgehead atoms. The maximum Gasteiger partial charge on any atom is 0.408 e. The number of ether oxygens (including phenoxy) is 1. The van der Waals surface area contributed by atoms with E-state index in [0.717, 1.165) is 0 Å². The molecule has 52 heavy (non-hydrogen) atoms. The number of ketones is 1. The fraction of sp³-hybridized carbons (Fsp3) is 0.658. The molecule has 6 amide bonds. The first kappa shape index (κ1) is 41.9. The highest BCUT2D eigenvalue weighted by Crippen LogP contribution is 2.65. The van der Waals surface area contributed by atoms with E-state index in [-0.39, 0.29) is 29.6 Å². The Hall–Kier alpha value is -4.49. The molecule has 3 rings (SSSR count). The lowest BCUT2D eigenvalue weighted by Crippen LogP contribution is -2.60. The molecule has 1 aliphatic carbocycles.